The van der Waals surface area contributed by atoms with Crippen molar-refractivity contribution in [2.75, 3.05) is 7.05 Å². The summed E-state index contributed by atoms with van der Waals surface area (Å²) < 4.78 is 9.64. The van der Waals surface area contributed by atoms with E-state index in [0.29, 0.717) is 10.0 Å². The summed E-state index contributed by atoms with van der Waals surface area (Å²) >= 11 is 11.7. The topological polar surface area (TPSA) is 139 Å². The van der Waals surface area contributed by atoms with Crippen LogP contribution >= 0.6 is 23.2 Å². The van der Waals surface area contributed by atoms with Gasteiger partial charge in [-0.15, -0.1) is 0 Å². The largest absolute Gasteiger partial charge is 0.478 e. The Morgan fingerprint density at radius 2 is 1.05 bits per heavy atom. The van der Waals surface area contributed by atoms with E-state index in [4.69, 9.17) is 32.7 Å². The minimum Gasteiger partial charge on any atom is -0.478 e. The predicted octanol–water partition coefficient (Wildman–Crippen LogP) is 5.50. The lowest BCUT2D eigenvalue weighted by atomic mass is 10.1. The summed E-state index contributed by atoms with van der Waals surface area (Å²) in [4.78, 5) is 47.3. The Hall–Kier alpha value is -3.92. The van der Waals surface area contributed by atoms with Crippen LogP contribution in [0.2, 0.25) is 10.0 Å². The zero-order valence-electron chi connectivity index (χ0n) is 22.2. The van der Waals surface area contributed by atoms with E-state index >= 15 is 0 Å². The summed E-state index contributed by atoms with van der Waals surface area (Å²) in [7, 11) is 1.90. The van der Waals surface area contributed by atoms with Gasteiger partial charge < -0.3 is 25.0 Å². The number of aryl methyl sites for hydroxylation is 2. The van der Waals surface area contributed by atoms with Gasteiger partial charge in [0.15, 0.2) is 0 Å². The fourth-order valence-electron chi connectivity index (χ4n) is 3.22. The minimum absolute atomic E-state index is 0.0332. The molecule has 0 saturated heterocycles. The molecular formula is C29H29Cl2NO8. The Kier molecular flexibility index (Phi) is 12.1. The number of rotatable bonds is 9. The summed E-state index contributed by atoms with van der Waals surface area (Å²) in [5, 5.41) is 23.1. The standard InChI is InChI=1S/C20H18O8.C9H11Cl2N/c1-11-3-7-13(8-4-11)19(25)27-15(17(21)22)16(18(23)24)28-20(26)14-9-5-12(2)6-10-14;1-6(12-2)7-3-8(10)5-9(11)4-7/h3-10,15-16H,1-2H3,(H,21,22)(H,23,24);3-6,12H,1-2H3/t15-,16-;/m1./s1. The third-order valence-electron chi connectivity index (χ3n) is 5.62. The number of esters is 2. The van der Waals surface area contributed by atoms with Crippen LogP contribution < -0.4 is 5.32 Å². The zero-order valence-corrected chi connectivity index (χ0v) is 23.7. The zero-order chi connectivity index (χ0) is 30.0. The monoisotopic (exact) mass is 589 g/mol. The van der Waals surface area contributed by atoms with Gasteiger partial charge in [0.1, 0.15) is 0 Å². The molecular weight excluding hydrogens is 561 g/mol. The van der Waals surface area contributed by atoms with Gasteiger partial charge in [-0.2, -0.15) is 0 Å². The summed E-state index contributed by atoms with van der Waals surface area (Å²) in [6.07, 6.45) is -4.44. The normalized spacial score (nSPS) is 12.7. The minimum atomic E-state index is -2.22. The Morgan fingerprint density at radius 1 is 0.700 bits per heavy atom. The van der Waals surface area contributed by atoms with Crippen LogP contribution in [-0.2, 0) is 19.1 Å². The van der Waals surface area contributed by atoms with Gasteiger partial charge in [-0.05, 0) is 75.8 Å². The van der Waals surface area contributed by atoms with E-state index in [2.05, 4.69) is 12.2 Å². The molecule has 3 atom stereocenters. The molecule has 0 heterocycles. The first-order valence-corrected chi connectivity index (χ1v) is 12.7. The molecule has 0 aliphatic rings. The number of aliphatic carboxylic acids is 2. The van der Waals surface area contributed by atoms with Gasteiger partial charge in [0, 0.05) is 16.1 Å². The number of ether oxygens (including phenoxy) is 2. The molecule has 212 valence electrons. The van der Waals surface area contributed by atoms with Gasteiger partial charge in [-0.3, -0.25) is 0 Å². The van der Waals surface area contributed by atoms with Crippen molar-refractivity contribution in [3.8, 4) is 0 Å². The third-order valence-corrected chi connectivity index (χ3v) is 6.06. The molecule has 0 radical (unpaired) electrons. The van der Waals surface area contributed by atoms with Crippen molar-refractivity contribution < 1.29 is 38.9 Å². The number of carboxylic acid groups (broad SMARTS) is 2. The molecule has 0 bridgehead atoms. The number of halogens is 2. The molecule has 0 amide bonds. The molecule has 0 fully saturated rings. The van der Waals surface area contributed by atoms with Gasteiger partial charge in [0.2, 0.25) is 12.2 Å². The highest BCUT2D eigenvalue weighted by atomic mass is 35.5. The first kappa shape index (κ1) is 32.3. The molecule has 3 N–H and O–H groups in total. The van der Waals surface area contributed by atoms with E-state index in [1.54, 1.807) is 44.2 Å². The number of hydrogen-bond donors (Lipinski definition) is 3. The number of benzene rings is 3. The third kappa shape index (κ3) is 9.68. The van der Waals surface area contributed by atoms with Crippen LogP contribution in [0.3, 0.4) is 0 Å². The fourth-order valence-corrected chi connectivity index (χ4v) is 3.76. The summed E-state index contributed by atoms with van der Waals surface area (Å²) in [5.74, 6) is -5.62. The van der Waals surface area contributed by atoms with E-state index < -0.39 is 36.1 Å². The molecule has 0 saturated carbocycles. The molecule has 0 aliphatic carbocycles. The first-order valence-electron chi connectivity index (χ1n) is 12.0. The Balaban J connectivity index is 0.000000389. The Labute approximate surface area is 241 Å². The maximum absolute atomic E-state index is 12.2. The highest BCUT2D eigenvalue weighted by Crippen LogP contribution is 2.23. The van der Waals surface area contributed by atoms with E-state index in [9.17, 15) is 29.4 Å². The summed E-state index contributed by atoms with van der Waals surface area (Å²) in [5.41, 5.74) is 2.90. The van der Waals surface area contributed by atoms with Gasteiger partial charge in [-0.25, -0.2) is 19.2 Å². The number of carboxylic acids is 2. The molecule has 3 aromatic rings. The maximum atomic E-state index is 12.2. The second-order valence-corrected chi connectivity index (χ2v) is 9.65. The van der Waals surface area contributed by atoms with E-state index in [1.807, 2.05) is 19.2 Å². The van der Waals surface area contributed by atoms with Crippen LogP contribution in [0.15, 0.2) is 66.7 Å². The fraction of sp³-hybridized carbons (Fsp3) is 0.241. The molecule has 3 aromatic carbocycles. The van der Waals surface area contributed by atoms with Crippen LogP contribution in [0.25, 0.3) is 0 Å². The van der Waals surface area contributed by atoms with Crippen molar-refractivity contribution in [2.45, 2.75) is 39.0 Å². The summed E-state index contributed by atoms with van der Waals surface area (Å²) in [6, 6.07) is 17.9. The Bertz CT molecular complexity index is 1250. The highest BCUT2D eigenvalue weighted by Gasteiger charge is 2.41. The quantitative estimate of drug-likeness (QED) is 0.276. The van der Waals surface area contributed by atoms with Gasteiger partial charge in [-0.1, -0.05) is 58.6 Å². The molecule has 0 spiro atoms. The number of nitrogens with one attached hydrogen (secondary N) is 1. The molecule has 1 unspecified atom stereocenters. The average Bonchev–Trinajstić information content (AvgIpc) is 2.90. The SMILES string of the molecule is CNC(C)c1cc(Cl)cc(Cl)c1.Cc1ccc(C(=O)O[C@@H](C(=O)O)[C@@H](OC(=O)c2ccc(C)cc2)C(=O)O)cc1. The molecule has 0 aliphatic heterocycles. The molecule has 3 rings (SSSR count). The highest BCUT2D eigenvalue weighted by molar-refractivity contribution is 6.34. The second-order valence-electron chi connectivity index (χ2n) is 8.77. The van der Waals surface area contributed by atoms with E-state index in [-0.39, 0.29) is 17.2 Å². The van der Waals surface area contributed by atoms with Crippen LogP contribution in [0.1, 0.15) is 50.4 Å². The van der Waals surface area contributed by atoms with Crippen molar-refractivity contribution in [1.29, 1.82) is 0 Å². The van der Waals surface area contributed by atoms with Gasteiger partial charge in [0.25, 0.3) is 0 Å². The van der Waals surface area contributed by atoms with Crippen molar-refractivity contribution in [3.63, 3.8) is 0 Å². The smallest absolute Gasteiger partial charge is 0.349 e. The molecule has 11 heteroatoms. The van der Waals surface area contributed by atoms with Crippen LogP contribution in [-0.4, -0.2) is 53.3 Å². The van der Waals surface area contributed by atoms with Gasteiger partial charge >= 0.3 is 23.9 Å². The van der Waals surface area contributed by atoms with Crippen molar-refractivity contribution in [1.82, 2.24) is 5.32 Å². The molecule has 40 heavy (non-hydrogen) atoms. The van der Waals surface area contributed by atoms with Crippen LogP contribution in [0, 0.1) is 13.8 Å². The van der Waals surface area contributed by atoms with Gasteiger partial charge in [0.05, 0.1) is 11.1 Å². The van der Waals surface area contributed by atoms with Crippen molar-refractivity contribution >= 4 is 47.1 Å². The van der Waals surface area contributed by atoms with Crippen molar-refractivity contribution in [2.24, 2.45) is 0 Å². The first-order chi connectivity index (χ1) is 18.8. The van der Waals surface area contributed by atoms with Crippen LogP contribution in [0.5, 0.6) is 0 Å². The maximum Gasteiger partial charge on any atom is 0.349 e. The van der Waals surface area contributed by atoms with E-state index in [0.717, 1.165) is 16.7 Å². The lowest BCUT2D eigenvalue weighted by molar-refractivity contribution is -0.166. The molecule has 0 aromatic heterocycles. The van der Waals surface area contributed by atoms with Crippen molar-refractivity contribution in [3.05, 3.63) is 105 Å². The average molecular weight is 590 g/mol. The lowest BCUT2D eigenvalue weighted by Gasteiger charge is -2.21. The predicted molar refractivity (Wildman–Crippen MR) is 150 cm³/mol. The number of carbonyl (C=O) groups excluding carboxylic acids is 2. The number of hydrogen-bond acceptors (Lipinski definition) is 7. The lowest BCUT2D eigenvalue weighted by Crippen LogP contribution is -2.45. The molecule has 9 nitrogen and oxygen atoms in total. The van der Waals surface area contributed by atoms with Crippen LogP contribution in [0.4, 0.5) is 0 Å². The Morgan fingerprint density at radius 3 is 1.35 bits per heavy atom. The summed E-state index contributed by atoms with van der Waals surface area (Å²) in [6.45, 7) is 5.64. The second kappa shape index (κ2) is 15.0. The number of carbonyl (C=O) groups is 4. The van der Waals surface area contributed by atoms with E-state index in [1.165, 1.54) is 24.3 Å².